The molecular weight excluding hydrogens is 396 g/mol. The number of hydrogen-bond acceptors (Lipinski definition) is 5. The third-order valence-corrected chi connectivity index (χ3v) is 5.84. The van der Waals surface area contributed by atoms with Crippen LogP contribution in [-0.4, -0.2) is 21.2 Å². The van der Waals surface area contributed by atoms with E-state index in [2.05, 4.69) is 27.5 Å². The van der Waals surface area contributed by atoms with E-state index in [1.165, 1.54) is 43.4 Å². The average molecular weight is 425 g/mol. The van der Waals surface area contributed by atoms with E-state index in [9.17, 15) is 4.79 Å². The van der Waals surface area contributed by atoms with Gasteiger partial charge in [-0.05, 0) is 42.7 Å². The van der Waals surface area contributed by atoms with E-state index in [0.717, 1.165) is 33.6 Å². The van der Waals surface area contributed by atoms with E-state index in [-0.39, 0.29) is 0 Å². The lowest BCUT2D eigenvalue weighted by Gasteiger charge is -2.15. The number of carbonyl (C=O) groups is 1. The maximum atomic E-state index is 10.7. The fourth-order valence-corrected chi connectivity index (χ4v) is 4.09. The van der Waals surface area contributed by atoms with Gasteiger partial charge >= 0.3 is 6.09 Å². The number of anilines is 3. The van der Waals surface area contributed by atoms with E-state index in [0.29, 0.717) is 5.69 Å². The summed E-state index contributed by atoms with van der Waals surface area (Å²) in [6.45, 7) is 4.31. The number of aryl methyl sites for hydroxylation is 1. The molecule has 30 heavy (non-hydrogen) atoms. The van der Waals surface area contributed by atoms with E-state index in [4.69, 9.17) is 5.11 Å². The molecule has 1 aliphatic rings. The zero-order valence-electron chi connectivity index (χ0n) is 17.4. The first-order chi connectivity index (χ1) is 14.5. The molecule has 6 nitrogen and oxygen atoms in total. The molecular formula is C23H28N4O2S. The highest BCUT2D eigenvalue weighted by molar-refractivity contribution is 7.14. The molecule has 1 fully saturated rings. The lowest BCUT2D eigenvalue weighted by Crippen LogP contribution is -2.07. The summed E-state index contributed by atoms with van der Waals surface area (Å²) in [6.07, 6.45) is 9.83. The van der Waals surface area contributed by atoms with Gasteiger partial charge in [0.2, 0.25) is 0 Å². The second-order valence-corrected chi connectivity index (χ2v) is 8.47. The van der Waals surface area contributed by atoms with Crippen molar-refractivity contribution in [2.75, 3.05) is 10.6 Å². The number of thiazole rings is 1. The van der Waals surface area contributed by atoms with E-state index < -0.39 is 6.09 Å². The van der Waals surface area contributed by atoms with Gasteiger partial charge in [-0.15, -0.1) is 11.3 Å². The van der Waals surface area contributed by atoms with E-state index >= 15 is 0 Å². The maximum Gasteiger partial charge on any atom is 0.409 e. The number of rotatable bonds is 4. The van der Waals surface area contributed by atoms with Crippen LogP contribution in [0.5, 0.6) is 0 Å². The Morgan fingerprint density at radius 3 is 2.63 bits per heavy atom. The highest BCUT2D eigenvalue weighted by atomic mass is 32.1. The van der Waals surface area contributed by atoms with Crippen LogP contribution in [0, 0.1) is 12.8 Å². The number of nitrogens with one attached hydrogen (secondary N) is 2. The Morgan fingerprint density at radius 1 is 1.20 bits per heavy atom. The van der Waals surface area contributed by atoms with Gasteiger partial charge < -0.3 is 10.4 Å². The molecule has 0 unspecified atom stereocenters. The molecule has 3 aromatic rings. The van der Waals surface area contributed by atoms with Crippen molar-refractivity contribution in [3.05, 3.63) is 53.7 Å². The first kappa shape index (κ1) is 21.8. The number of carboxylic acid groups (broad SMARTS) is 1. The second kappa shape index (κ2) is 10.7. The van der Waals surface area contributed by atoms with Crippen LogP contribution in [0.4, 0.5) is 21.3 Å². The number of aromatic nitrogens is 2. The first-order valence-corrected chi connectivity index (χ1v) is 11.1. The van der Waals surface area contributed by atoms with Crippen LogP contribution in [0.15, 0.2) is 48.1 Å². The molecule has 0 spiro atoms. The molecule has 158 valence electrons. The fourth-order valence-electron chi connectivity index (χ4n) is 3.36. The zero-order valence-corrected chi connectivity index (χ0v) is 18.2. The number of benzene rings is 1. The molecule has 3 N–H and O–H groups in total. The van der Waals surface area contributed by atoms with Crippen LogP contribution < -0.4 is 10.6 Å². The first-order valence-electron chi connectivity index (χ1n) is 10.2. The lowest BCUT2D eigenvalue weighted by molar-refractivity contribution is 0.210. The van der Waals surface area contributed by atoms with Crippen LogP contribution in [0.3, 0.4) is 0 Å². The number of nitrogens with zero attached hydrogens (tertiary/aromatic N) is 2. The lowest BCUT2D eigenvalue weighted by atomic mass is 9.91. The van der Waals surface area contributed by atoms with Gasteiger partial charge in [0, 0.05) is 34.7 Å². The summed E-state index contributed by atoms with van der Waals surface area (Å²) in [4.78, 5) is 19.4. The van der Waals surface area contributed by atoms with Crippen LogP contribution in [0.25, 0.3) is 11.3 Å². The molecule has 2 heterocycles. The predicted molar refractivity (Wildman–Crippen MR) is 124 cm³/mol. The topological polar surface area (TPSA) is 87.1 Å². The minimum atomic E-state index is -1.09. The van der Waals surface area contributed by atoms with Gasteiger partial charge in [-0.1, -0.05) is 45.1 Å². The Kier molecular flexibility index (Phi) is 7.79. The van der Waals surface area contributed by atoms with Crippen molar-refractivity contribution in [1.29, 1.82) is 0 Å². The van der Waals surface area contributed by atoms with E-state index in [1.807, 2.05) is 30.5 Å². The van der Waals surface area contributed by atoms with Crippen LogP contribution in [0.1, 0.15) is 44.6 Å². The summed E-state index contributed by atoms with van der Waals surface area (Å²) in [5, 5.41) is 17.1. The van der Waals surface area contributed by atoms with Gasteiger partial charge in [0.05, 0.1) is 5.69 Å². The number of pyridine rings is 1. The minimum Gasteiger partial charge on any atom is -0.465 e. The van der Waals surface area contributed by atoms with E-state index in [1.54, 1.807) is 24.5 Å². The molecule has 0 aliphatic heterocycles. The van der Waals surface area contributed by atoms with Gasteiger partial charge in [-0.2, -0.15) is 0 Å². The molecule has 0 saturated heterocycles. The van der Waals surface area contributed by atoms with Crippen molar-refractivity contribution >= 4 is 33.9 Å². The molecule has 4 rings (SSSR count). The van der Waals surface area contributed by atoms with Gasteiger partial charge in [-0.25, -0.2) is 9.78 Å². The standard InChI is InChI=1S/C16H14N4O2S.C7H14/c1-10-4-5-12(18-16(21)22)7-13(10)19-15-20-14(9-23-15)11-3-2-6-17-8-11;1-7-5-3-2-4-6-7/h2-9,18H,1H3,(H,19,20)(H,21,22);7H,2-6H2,1H3. The Balaban J connectivity index is 0.000000310. The Bertz CT molecular complexity index is 953. The van der Waals surface area contributed by atoms with Crippen molar-refractivity contribution in [2.24, 2.45) is 5.92 Å². The molecule has 0 atom stereocenters. The number of hydrogen-bond donors (Lipinski definition) is 3. The molecule has 2 aromatic heterocycles. The van der Waals surface area contributed by atoms with Gasteiger partial charge in [0.15, 0.2) is 5.13 Å². The molecule has 1 aliphatic carbocycles. The second-order valence-electron chi connectivity index (χ2n) is 7.61. The van der Waals surface area contributed by atoms with Crippen molar-refractivity contribution < 1.29 is 9.90 Å². The zero-order chi connectivity index (χ0) is 21.3. The van der Waals surface area contributed by atoms with Crippen molar-refractivity contribution in [3.8, 4) is 11.3 Å². The maximum absolute atomic E-state index is 10.7. The third kappa shape index (κ3) is 6.56. The SMILES string of the molecule is CC1CCCCC1.Cc1ccc(NC(=O)O)cc1Nc1nc(-c2cccnc2)cs1. The van der Waals surface area contributed by atoms with Crippen molar-refractivity contribution in [3.63, 3.8) is 0 Å². The summed E-state index contributed by atoms with van der Waals surface area (Å²) < 4.78 is 0. The molecule has 0 bridgehead atoms. The fraction of sp³-hybridized carbons (Fsp3) is 0.348. The molecule has 0 radical (unpaired) electrons. The summed E-state index contributed by atoms with van der Waals surface area (Å²) in [7, 11) is 0. The molecule has 1 saturated carbocycles. The monoisotopic (exact) mass is 424 g/mol. The van der Waals surface area contributed by atoms with Crippen molar-refractivity contribution in [2.45, 2.75) is 46.0 Å². The molecule has 7 heteroatoms. The highest BCUT2D eigenvalue weighted by Gasteiger charge is 2.08. The third-order valence-electron chi connectivity index (χ3n) is 5.09. The van der Waals surface area contributed by atoms with Gasteiger partial charge in [0.1, 0.15) is 0 Å². The van der Waals surface area contributed by atoms with Crippen LogP contribution >= 0.6 is 11.3 Å². The normalized spacial score (nSPS) is 13.8. The van der Waals surface area contributed by atoms with Crippen molar-refractivity contribution in [1.82, 2.24) is 9.97 Å². The predicted octanol–water partition coefficient (Wildman–Crippen LogP) is 6.93. The smallest absolute Gasteiger partial charge is 0.409 e. The summed E-state index contributed by atoms with van der Waals surface area (Å²) in [5.41, 5.74) is 4.12. The van der Waals surface area contributed by atoms with Gasteiger partial charge in [-0.3, -0.25) is 10.3 Å². The average Bonchev–Trinajstić information content (AvgIpc) is 3.20. The van der Waals surface area contributed by atoms with Crippen LogP contribution in [0.2, 0.25) is 0 Å². The van der Waals surface area contributed by atoms with Crippen LogP contribution in [-0.2, 0) is 0 Å². The quantitative estimate of drug-likeness (QED) is 0.422. The Labute approximate surface area is 181 Å². The largest absolute Gasteiger partial charge is 0.465 e. The minimum absolute atomic E-state index is 0.509. The highest BCUT2D eigenvalue weighted by Crippen LogP contribution is 2.29. The molecule has 1 amide bonds. The summed E-state index contributed by atoms with van der Waals surface area (Å²) >= 11 is 1.48. The number of amides is 1. The summed E-state index contributed by atoms with van der Waals surface area (Å²) in [6, 6.07) is 9.14. The molecule has 1 aromatic carbocycles. The summed E-state index contributed by atoms with van der Waals surface area (Å²) in [5.74, 6) is 1.04. The Hall–Kier alpha value is -2.93. The Morgan fingerprint density at radius 2 is 2.00 bits per heavy atom. The van der Waals surface area contributed by atoms with Gasteiger partial charge in [0.25, 0.3) is 0 Å².